The molecule has 1 fully saturated rings. The van der Waals surface area contributed by atoms with Gasteiger partial charge in [0.25, 0.3) is 0 Å². The fourth-order valence-electron chi connectivity index (χ4n) is 3.74. The maximum absolute atomic E-state index is 12.4. The van der Waals surface area contributed by atoms with Gasteiger partial charge in [-0.05, 0) is 49.6 Å². The van der Waals surface area contributed by atoms with Crippen LogP contribution in [0, 0.1) is 6.92 Å². The molecule has 0 spiro atoms. The number of H-pyrrole nitrogens is 1. The molecule has 0 atom stereocenters. The SMILES string of the molecule is Cc1ccc2[nH]c(-c3ccccn3)c(CCCC(=O)N3CCOCC3)c2c1. The number of aromatic nitrogens is 2. The fraction of sp³-hybridized carbons (Fsp3) is 0.364. The predicted molar refractivity (Wildman–Crippen MR) is 107 cm³/mol. The number of morpholine rings is 1. The highest BCUT2D eigenvalue weighted by Crippen LogP contribution is 2.31. The van der Waals surface area contributed by atoms with Crippen LogP contribution in [0.25, 0.3) is 22.3 Å². The molecule has 140 valence electrons. The first-order chi connectivity index (χ1) is 13.2. The van der Waals surface area contributed by atoms with Gasteiger partial charge in [0.2, 0.25) is 5.91 Å². The number of ether oxygens (including phenoxy) is 1. The Labute approximate surface area is 159 Å². The number of carbonyl (C=O) groups is 1. The summed E-state index contributed by atoms with van der Waals surface area (Å²) < 4.78 is 5.33. The quantitative estimate of drug-likeness (QED) is 0.752. The monoisotopic (exact) mass is 363 g/mol. The fourth-order valence-corrected chi connectivity index (χ4v) is 3.74. The molecule has 5 nitrogen and oxygen atoms in total. The van der Waals surface area contributed by atoms with Gasteiger partial charge in [-0.3, -0.25) is 9.78 Å². The number of aromatic amines is 1. The average molecular weight is 363 g/mol. The van der Waals surface area contributed by atoms with Crippen molar-refractivity contribution in [3.05, 3.63) is 53.7 Å². The minimum atomic E-state index is 0.230. The standard InChI is InChI=1S/C22H25N3O2/c1-16-8-9-19-18(15-16)17(22(24-19)20-6-2-3-10-23-20)5-4-7-21(26)25-11-13-27-14-12-25/h2-3,6,8-10,15,24H,4-5,7,11-14H2,1H3. The van der Waals surface area contributed by atoms with Crippen molar-refractivity contribution in [1.82, 2.24) is 14.9 Å². The number of carbonyl (C=O) groups excluding carboxylic acids is 1. The molecule has 2 aromatic heterocycles. The summed E-state index contributed by atoms with van der Waals surface area (Å²) in [6, 6.07) is 12.4. The summed E-state index contributed by atoms with van der Waals surface area (Å²) in [6.45, 7) is 4.84. The molecule has 1 aromatic carbocycles. The van der Waals surface area contributed by atoms with Crippen molar-refractivity contribution < 1.29 is 9.53 Å². The zero-order valence-electron chi connectivity index (χ0n) is 15.7. The van der Waals surface area contributed by atoms with Crippen molar-refractivity contribution in [1.29, 1.82) is 0 Å². The number of amides is 1. The summed E-state index contributed by atoms with van der Waals surface area (Å²) in [7, 11) is 0. The Morgan fingerprint density at radius 1 is 1.22 bits per heavy atom. The second kappa shape index (κ2) is 7.92. The lowest BCUT2D eigenvalue weighted by molar-refractivity contribution is -0.135. The molecular formula is C22H25N3O2. The molecule has 1 aliphatic rings. The minimum absolute atomic E-state index is 0.230. The van der Waals surface area contributed by atoms with E-state index >= 15 is 0 Å². The molecule has 0 saturated carbocycles. The molecule has 1 aliphatic heterocycles. The summed E-state index contributed by atoms with van der Waals surface area (Å²) in [6.07, 6.45) is 4.07. The van der Waals surface area contributed by atoms with E-state index in [0.717, 1.165) is 29.7 Å². The van der Waals surface area contributed by atoms with E-state index in [9.17, 15) is 4.79 Å². The van der Waals surface area contributed by atoms with E-state index in [1.165, 1.54) is 16.5 Å². The number of hydrogen-bond donors (Lipinski definition) is 1. The molecule has 27 heavy (non-hydrogen) atoms. The average Bonchev–Trinajstić information content (AvgIpc) is 3.07. The third kappa shape index (κ3) is 3.88. The van der Waals surface area contributed by atoms with E-state index in [2.05, 4.69) is 35.1 Å². The topological polar surface area (TPSA) is 58.2 Å². The third-order valence-electron chi connectivity index (χ3n) is 5.16. The van der Waals surface area contributed by atoms with Gasteiger partial charge in [0.1, 0.15) is 0 Å². The molecule has 0 aliphatic carbocycles. The van der Waals surface area contributed by atoms with E-state index in [4.69, 9.17) is 4.74 Å². The highest BCUT2D eigenvalue weighted by atomic mass is 16.5. The summed E-state index contributed by atoms with van der Waals surface area (Å²) in [5, 5.41) is 1.23. The van der Waals surface area contributed by atoms with Crippen LogP contribution in [0.2, 0.25) is 0 Å². The van der Waals surface area contributed by atoms with Gasteiger partial charge < -0.3 is 14.6 Å². The van der Waals surface area contributed by atoms with Gasteiger partial charge in [-0.2, -0.15) is 0 Å². The van der Waals surface area contributed by atoms with Crippen molar-refractivity contribution in [3.63, 3.8) is 0 Å². The van der Waals surface area contributed by atoms with Crippen molar-refractivity contribution >= 4 is 16.8 Å². The van der Waals surface area contributed by atoms with Crippen LogP contribution in [0.1, 0.15) is 24.0 Å². The molecule has 5 heteroatoms. The minimum Gasteiger partial charge on any atom is -0.378 e. The molecule has 3 heterocycles. The zero-order chi connectivity index (χ0) is 18.6. The lowest BCUT2D eigenvalue weighted by Gasteiger charge is -2.26. The van der Waals surface area contributed by atoms with E-state index in [1.54, 1.807) is 0 Å². The van der Waals surface area contributed by atoms with Crippen molar-refractivity contribution in [2.45, 2.75) is 26.2 Å². The number of rotatable bonds is 5. The van der Waals surface area contributed by atoms with Crippen LogP contribution >= 0.6 is 0 Å². The van der Waals surface area contributed by atoms with Crippen LogP contribution in [0.15, 0.2) is 42.6 Å². The number of nitrogens with zero attached hydrogens (tertiary/aromatic N) is 2. The number of benzene rings is 1. The summed E-state index contributed by atoms with van der Waals surface area (Å²) in [5.74, 6) is 0.230. The third-order valence-corrected chi connectivity index (χ3v) is 5.16. The molecule has 0 unspecified atom stereocenters. The van der Waals surface area contributed by atoms with Crippen LogP contribution in [-0.4, -0.2) is 47.1 Å². The maximum Gasteiger partial charge on any atom is 0.222 e. The first-order valence-corrected chi connectivity index (χ1v) is 9.60. The van der Waals surface area contributed by atoms with Crippen LogP contribution in [0.5, 0.6) is 0 Å². The van der Waals surface area contributed by atoms with Gasteiger partial charge in [-0.25, -0.2) is 0 Å². The van der Waals surface area contributed by atoms with E-state index in [1.807, 2.05) is 29.3 Å². The number of aryl methyl sites for hydroxylation is 2. The summed E-state index contributed by atoms with van der Waals surface area (Å²) in [5.41, 5.74) is 5.62. The first kappa shape index (κ1) is 17.7. The van der Waals surface area contributed by atoms with Gasteiger partial charge in [-0.15, -0.1) is 0 Å². The Bertz CT molecular complexity index is 927. The van der Waals surface area contributed by atoms with Crippen LogP contribution in [0.4, 0.5) is 0 Å². The second-order valence-electron chi connectivity index (χ2n) is 7.09. The zero-order valence-corrected chi connectivity index (χ0v) is 15.7. The highest BCUT2D eigenvalue weighted by Gasteiger charge is 2.18. The second-order valence-corrected chi connectivity index (χ2v) is 7.09. The van der Waals surface area contributed by atoms with E-state index in [-0.39, 0.29) is 5.91 Å². The molecule has 1 amide bonds. The molecule has 3 aromatic rings. The predicted octanol–water partition coefficient (Wildman–Crippen LogP) is 3.72. The molecule has 0 radical (unpaired) electrons. The lowest BCUT2D eigenvalue weighted by atomic mass is 10.0. The van der Waals surface area contributed by atoms with Gasteiger partial charge in [0.05, 0.1) is 24.6 Å². The summed E-state index contributed by atoms with van der Waals surface area (Å²) >= 11 is 0. The summed E-state index contributed by atoms with van der Waals surface area (Å²) in [4.78, 5) is 22.4. The number of nitrogens with one attached hydrogen (secondary N) is 1. The Balaban J connectivity index is 1.56. The normalized spacial score (nSPS) is 14.6. The van der Waals surface area contributed by atoms with Crippen molar-refractivity contribution in [3.8, 4) is 11.4 Å². The van der Waals surface area contributed by atoms with Crippen molar-refractivity contribution in [2.75, 3.05) is 26.3 Å². The first-order valence-electron chi connectivity index (χ1n) is 9.60. The Hall–Kier alpha value is -2.66. The largest absolute Gasteiger partial charge is 0.378 e. The molecule has 0 bridgehead atoms. The van der Waals surface area contributed by atoms with Gasteiger partial charge in [-0.1, -0.05) is 17.7 Å². The molecule has 1 saturated heterocycles. The van der Waals surface area contributed by atoms with Crippen molar-refractivity contribution in [2.24, 2.45) is 0 Å². The lowest BCUT2D eigenvalue weighted by Crippen LogP contribution is -2.40. The number of fused-ring (bicyclic) bond motifs is 1. The van der Waals surface area contributed by atoms with Gasteiger partial charge in [0.15, 0.2) is 0 Å². The van der Waals surface area contributed by atoms with Gasteiger partial charge in [0, 0.05) is 36.6 Å². The Morgan fingerprint density at radius 2 is 2.07 bits per heavy atom. The van der Waals surface area contributed by atoms with Gasteiger partial charge >= 0.3 is 0 Å². The molecule has 1 N–H and O–H groups in total. The maximum atomic E-state index is 12.4. The Kier molecular flexibility index (Phi) is 5.21. The smallest absolute Gasteiger partial charge is 0.222 e. The van der Waals surface area contributed by atoms with Crippen LogP contribution in [-0.2, 0) is 16.0 Å². The molecular weight excluding hydrogens is 338 g/mol. The highest BCUT2D eigenvalue weighted by molar-refractivity contribution is 5.90. The number of pyridine rings is 1. The number of hydrogen-bond acceptors (Lipinski definition) is 3. The van der Waals surface area contributed by atoms with E-state index in [0.29, 0.717) is 32.7 Å². The van der Waals surface area contributed by atoms with E-state index < -0.39 is 0 Å². The van der Waals surface area contributed by atoms with Crippen LogP contribution < -0.4 is 0 Å². The van der Waals surface area contributed by atoms with Crippen LogP contribution in [0.3, 0.4) is 0 Å². The molecule has 4 rings (SSSR count). The Morgan fingerprint density at radius 3 is 2.85 bits per heavy atom.